The van der Waals surface area contributed by atoms with Gasteiger partial charge >= 0.3 is 0 Å². The van der Waals surface area contributed by atoms with Crippen LogP contribution in [0.1, 0.15) is 27.9 Å². The fraction of sp³-hybridized carbons (Fsp3) is 0.269. The first-order valence-electron chi connectivity index (χ1n) is 11.7. The third kappa shape index (κ3) is 4.98. The zero-order valence-corrected chi connectivity index (χ0v) is 19.3. The summed E-state index contributed by atoms with van der Waals surface area (Å²) in [5.74, 6) is 0.219. The van der Waals surface area contributed by atoms with Gasteiger partial charge in [0, 0.05) is 67.4 Å². The Kier molecular flexibility index (Phi) is 6.37. The van der Waals surface area contributed by atoms with Gasteiger partial charge in [0.25, 0.3) is 0 Å². The van der Waals surface area contributed by atoms with Crippen molar-refractivity contribution in [2.75, 3.05) is 37.6 Å². The van der Waals surface area contributed by atoms with Crippen molar-refractivity contribution >= 4 is 22.8 Å². The first kappa shape index (κ1) is 22.5. The zero-order chi connectivity index (χ0) is 24.2. The first-order chi connectivity index (χ1) is 17.1. The number of aromatic amines is 1. The van der Waals surface area contributed by atoms with E-state index in [-0.39, 0.29) is 0 Å². The van der Waals surface area contributed by atoms with E-state index >= 15 is 0 Å². The van der Waals surface area contributed by atoms with Crippen molar-refractivity contribution in [3.05, 3.63) is 71.8 Å². The molecule has 35 heavy (non-hydrogen) atoms. The number of nitrogens with two attached hydrogens (primary N) is 1. The average molecular weight is 467 g/mol. The standard InChI is InChI=1S/C26H26N8O/c27-13-18-3-5-24-22(12-18)19(14-30-24)2-1-7-33-8-10-34(11-9-33)26-31-16-21(17-32-26)23-6-4-20(15-29-23)25(28)35/h3-6,12,14-17,30H,1-2,7-11H2,(H2,28,35). The van der Waals surface area contributed by atoms with E-state index in [9.17, 15) is 10.1 Å². The number of carbonyl (C=O) groups is 1. The Balaban J connectivity index is 1.12. The molecule has 1 aliphatic heterocycles. The number of aromatic nitrogens is 4. The number of nitriles is 1. The van der Waals surface area contributed by atoms with Crippen LogP contribution in [0.2, 0.25) is 0 Å². The number of pyridine rings is 1. The number of H-pyrrole nitrogens is 1. The Hall–Kier alpha value is -4.29. The summed E-state index contributed by atoms with van der Waals surface area (Å²) >= 11 is 0. The quantitative estimate of drug-likeness (QED) is 0.429. The molecule has 5 rings (SSSR count). The predicted molar refractivity (Wildman–Crippen MR) is 134 cm³/mol. The SMILES string of the molecule is N#Cc1ccc2[nH]cc(CCCN3CCN(c4ncc(-c5ccc(C(N)=O)cn5)cn4)CC3)c2c1. The van der Waals surface area contributed by atoms with E-state index in [1.807, 2.05) is 18.2 Å². The summed E-state index contributed by atoms with van der Waals surface area (Å²) in [7, 11) is 0. The summed E-state index contributed by atoms with van der Waals surface area (Å²) in [6.07, 6.45) is 9.10. The molecule has 4 aromatic rings. The smallest absolute Gasteiger partial charge is 0.250 e. The molecular formula is C26H26N8O. The van der Waals surface area contributed by atoms with Crippen LogP contribution in [0.5, 0.6) is 0 Å². The number of rotatable bonds is 7. The first-order valence-corrected chi connectivity index (χ1v) is 11.7. The minimum absolute atomic E-state index is 0.374. The summed E-state index contributed by atoms with van der Waals surface area (Å²) in [6, 6.07) is 11.4. The number of carbonyl (C=O) groups excluding carboxylic acids is 1. The number of anilines is 1. The highest BCUT2D eigenvalue weighted by atomic mass is 16.1. The number of aryl methyl sites for hydroxylation is 1. The Bertz CT molecular complexity index is 1360. The maximum Gasteiger partial charge on any atom is 0.250 e. The third-order valence-electron chi connectivity index (χ3n) is 6.45. The molecule has 0 radical (unpaired) electrons. The number of benzene rings is 1. The topological polar surface area (TPSA) is 128 Å². The van der Waals surface area contributed by atoms with Crippen LogP contribution in [-0.4, -0.2) is 63.5 Å². The molecule has 0 unspecified atom stereocenters. The fourth-order valence-corrected chi connectivity index (χ4v) is 4.45. The second-order valence-electron chi connectivity index (χ2n) is 8.69. The fourth-order valence-electron chi connectivity index (χ4n) is 4.45. The van der Waals surface area contributed by atoms with Gasteiger partial charge in [0.05, 0.1) is 22.9 Å². The Morgan fingerprint density at radius 3 is 2.54 bits per heavy atom. The minimum Gasteiger partial charge on any atom is -0.366 e. The van der Waals surface area contributed by atoms with E-state index in [2.05, 4.69) is 42.0 Å². The van der Waals surface area contributed by atoms with Crippen molar-refractivity contribution in [1.29, 1.82) is 5.26 Å². The number of hydrogen-bond acceptors (Lipinski definition) is 7. The van der Waals surface area contributed by atoms with Crippen molar-refractivity contribution in [2.45, 2.75) is 12.8 Å². The summed E-state index contributed by atoms with van der Waals surface area (Å²) in [5.41, 5.74) is 10.2. The summed E-state index contributed by atoms with van der Waals surface area (Å²) in [4.78, 5) is 32.5. The molecule has 0 saturated carbocycles. The van der Waals surface area contributed by atoms with E-state index in [0.717, 1.165) is 62.0 Å². The molecule has 176 valence electrons. The van der Waals surface area contributed by atoms with Gasteiger partial charge in [-0.15, -0.1) is 0 Å². The van der Waals surface area contributed by atoms with Crippen LogP contribution < -0.4 is 10.6 Å². The molecular weight excluding hydrogens is 440 g/mol. The van der Waals surface area contributed by atoms with E-state index in [4.69, 9.17) is 5.73 Å². The summed E-state index contributed by atoms with van der Waals surface area (Å²) in [6.45, 7) is 4.72. The lowest BCUT2D eigenvalue weighted by molar-refractivity contribution is 0.1000. The number of fused-ring (bicyclic) bond motifs is 1. The number of hydrogen-bond donors (Lipinski definition) is 2. The predicted octanol–water partition coefficient (Wildman–Crippen LogP) is 2.75. The number of nitrogens with one attached hydrogen (secondary N) is 1. The van der Waals surface area contributed by atoms with Crippen molar-refractivity contribution in [1.82, 2.24) is 24.8 Å². The van der Waals surface area contributed by atoms with Crippen LogP contribution in [0.4, 0.5) is 5.95 Å². The Morgan fingerprint density at radius 1 is 1.06 bits per heavy atom. The van der Waals surface area contributed by atoms with E-state index in [1.165, 1.54) is 11.8 Å². The summed E-state index contributed by atoms with van der Waals surface area (Å²) in [5, 5.41) is 10.3. The van der Waals surface area contributed by atoms with Crippen LogP contribution in [0, 0.1) is 11.3 Å². The van der Waals surface area contributed by atoms with Gasteiger partial charge in [-0.05, 0) is 55.3 Å². The van der Waals surface area contributed by atoms with Gasteiger partial charge < -0.3 is 15.6 Å². The van der Waals surface area contributed by atoms with Crippen molar-refractivity contribution < 1.29 is 4.79 Å². The highest BCUT2D eigenvalue weighted by Crippen LogP contribution is 2.22. The van der Waals surface area contributed by atoms with Crippen LogP contribution in [0.3, 0.4) is 0 Å². The third-order valence-corrected chi connectivity index (χ3v) is 6.45. The summed E-state index contributed by atoms with van der Waals surface area (Å²) < 4.78 is 0. The van der Waals surface area contributed by atoms with E-state index < -0.39 is 5.91 Å². The maximum atomic E-state index is 11.2. The molecule has 3 N–H and O–H groups in total. The van der Waals surface area contributed by atoms with Gasteiger partial charge in [0.2, 0.25) is 11.9 Å². The molecule has 1 aromatic carbocycles. The number of piperazine rings is 1. The Labute approximate surface area is 203 Å². The molecule has 9 nitrogen and oxygen atoms in total. The van der Waals surface area contributed by atoms with Crippen molar-refractivity contribution in [2.24, 2.45) is 5.73 Å². The molecule has 1 fully saturated rings. The molecule has 0 atom stereocenters. The molecule has 0 spiro atoms. The number of amides is 1. The normalized spacial score (nSPS) is 14.2. The lowest BCUT2D eigenvalue weighted by Crippen LogP contribution is -2.47. The highest BCUT2D eigenvalue weighted by Gasteiger charge is 2.19. The molecule has 1 amide bonds. The molecule has 1 aliphatic rings. The lowest BCUT2D eigenvalue weighted by Gasteiger charge is -2.34. The Morgan fingerprint density at radius 2 is 1.86 bits per heavy atom. The molecule has 4 heterocycles. The van der Waals surface area contributed by atoms with Crippen molar-refractivity contribution in [3.63, 3.8) is 0 Å². The van der Waals surface area contributed by atoms with E-state index in [1.54, 1.807) is 24.5 Å². The second kappa shape index (κ2) is 9.91. The van der Waals surface area contributed by atoms with Crippen LogP contribution in [0.25, 0.3) is 22.2 Å². The van der Waals surface area contributed by atoms with Gasteiger partial charge in [0.1, 0.15) is 0 Å². The molecule has 1 saturated heterocycles. The zero-order valence-electron chi connectivity index (χ0n) is 19.3. The maximum absolute atomic E-state index is 11.2. The van der Waals surface area contributed by atoms with Gasteiger partial charge in [-0.1, -0.05) is 0 Å². The second-order valence-corrected chi connectivity index (χ2v) is 8.69. The van der Waals surface area contributed by atoms with Gasteiger partial charge in [-0.25, -0.2) is 9.97 Å². The van der Waals surface area contributed by atoms with E-state index in [0.29, 0.717) is 22.8 Å². The van der Waals surface area contributed by atoms with Crippen LogP contribution in [0.15, 0.2) is 55.1 Å². The molecule has 9 heteroatoms. The molecule has 3 aromatic heterocycles. The average Bonchev–Trinajstić information content (AvgIpc) is 3.31. The van der Waals surface area contributed by atoms with Crippen LogP contribution in [-0.2, 0) is 6.42 Å². The van der Waals surface area contributed by atoms with Crippen molar-refractivity contribution in [3.8, 4) is 17.3 Å². The van der Waals surface area contributed by atoms with Gasteiger partial charge in [-0.2, -0.15) is 5.26 Å². The highest BCUT2D eigenvalue weighted by molar-refractivity contribution is 5.92. The van der Waals surface area contributed by atoms with Gasteiger partial charge in [-0.3, -0.25) is 14.7 Å². The van der Waals surface area contributed by atoms with Gasteiger partial charge in [0.15, 0.2) is 0 Å². The number of nitrogens with zero attached hydrogens (tertiary/aromatic N) is 6. The number of primary amides is 1. The molecule has 0 aliphatic carbocycles. The lowest BCUT2D eigenvalue weighted by atomic mass is 10.1. The largest absolute Gasteiger partial charge is 0.366 e. The molecule has 0 bridgehead atoms. The minimum atomic E-state index is -0.498. The van der Waals surface area contributed by atoms with Crippen LogP contribution >= 0.6 is 0 Å². The monoisotopic (exact) mass is 466 g/mol.